The molecule has 3 aliphatic heterocycles. The number of rotatable bonds is 3. The molecule has 4 rings (SSSR count). The van der Waals surface area contributed by atoms with E-state index in [1.165, 1.54) is 5.01 Å². The zero-order valence-corrected chi connectivity index (χ0v) is 16.0. The Kier molecular flexibility index (Phi) is 4.60. The van der Waals surface area contributed by atoms with E-state index >= 15 is 0 Å². The van der Waals surface area contributed by atoms with Crippen LogP contribution in [0.25, 0.3) is 0 Å². The highest BCUT2D eigenvalue weighted by Gasteiger charge is 2.39. The van der Waals surface area contributed by atoms with E-state index < -0.39 is 15.9 Å². The van der Waals surface area contributed by atoms with Gasteiger partial charge in [0.15, 0.2) is 9.84 Å². The minimum absolute atomic E-state index is 0.0642. The summed E-state index contributed by atoms with van der Waals surface area (Å²) in [6.45, 7) is 0.685. The van der Waals surface area contributed by atoms with Gasteiger partial charge in [0.05, 0.1) is 23.6 Å². The molecule has 2 saturated heterocycles. The van der Waals surface area contributed by atoms with Gasteiger partial charge in [-0.1, -0.05) is 0 Å². The first-order valence-corrected chi connectivity index (χ1v) is 11.6. The number of hydrogen-bond donors (Lipinski definition) is 0. The van der Waals surface area contributed by atoms with Crippen molar-refractivity contribution < 1.29 is 18.0 Å². The molecule has 0 N–H and O–H groups in total. The van der Waals surface area contributed by atoms with Crippen LogP contribution in [0, 0.1) is 0 Å². The van der Waals surface area contributed by atoms with E-state index in [4.69, 9.17) is 0 Å². The van der Waals surface area contributed by atoms with E-state index in [-0.39, 0.29) is 35.8 Å². The molecule has 0 saturated carbocycles. The Balaban J connectivity index is 1.55. The number of sulfone groups is 1. The van der Waals surface area contributed by atoms with Crippen molar-refractivity contribution in [2.45, 2.75) is 44.2 Å². The third kappa shape index (κ3) is 3.29. The van der Waals surface area contributed by atoms with E-state index in [0.717, 1.165) is 18.4 Å². The van der Waals surface area contributed by atoms with Crippen LogP contribution in [0.15, 0.2) is 21.9 Å². The number of thiophene rings is 1. The van der Waals surface area contributed by atoms with E-state index in [1.54, 1.807) is 11.3 Å². The van der Waals surface area contributed by atoms with Crippen LogP contribution in [0.2, 0.25) is 0 Å². The van der Waals surface area contributed by atoms with Crippen LogP contribution in [0.3, 0.4) is 0 Å². The predicted molar refractivity (Wildman–Crippen MR) is 98.6 cm³/mol. The first kappa shape index (κ1) is 17.7. The van der Waals surface area contributed by atoms with Gasteiger partial charge in [-0.3, -0.25) is 9.59 Å². The SMILES string of the molecule is O=C(C1=NN(C2CCS(=O)(=O)C2)C(=O)CC1)N1CCCC1c1ccsc1. The maximum atomic E-state index is 13.0. The minimum Gasteiger partial charge on any atom is -0.330 e. The number of nitrogens with zero attached hydrogens (tertiary/aromatic N) is 3. The van der Waals surface area contributed by atoms with Crippen LogP contribution in [0.5, 0.6) is 0 Å². The summed E-state index contributed by atoms with van der Waals surface area (Å²) in [6, 6.07) is 1.67. The maximum absolute atomic E-state index is 13.0. The number of hydrazone groups is 1. The number of carbonyl (C=O) groups excluding carboxylic acids is 2. The first-order valence-electron chi connectivity index (χ1n) is 8.87. The van der Waals surface area contributed by atoms with E-state index in [2.05, 4.69) is 10.5 Å². The fraction of sp³-hybridized carbons (Fsp3) is 0.588. The second-order valence-electron chi connectivity index (χ2n) is 7.06. The van der Waals surface area contributed by atoms with E-state index in [0.29, 0.717) is 25.1 Å². The fourth-order valence-corrected chi connectivity index (χ4v) is 6.36. The molecule has 1 aromatic heterocycles. The van der Waals surface area contributed by atoms with Crippen molar-refractivity contribution in [3.63, 3.8) is 0 Å². The Hall–Kier alpha value is -1.74. The normalized spacial score (nSPS) is 28.5. The summed E-state index contributed by atoms with van der Waals surface area (Å²) in [5.74, 6) is -0.311. The lowest BCUT2D eigenvalue weighted by atomic mass is 10.1. The summed E-state index contributed by atoms with van der Waals surface area (Å²) in [5, 5.41) is 9.66. The van der Waals surface area contributed by atoms with Gasteiger partial charge in [-0.25, -0.2) is 13.4 Å². The van der Waals surface area contributed by atoms with Crippen LogP contribution in [-0.4, -0.2) is 59.9 Å². The Morgan fingerprint density at radius 2 is 2.12 bits per heavy atom. The van der Waals surface area contributed by atoms with Crippen molar-refractivity contribution in [2.24, 2.45) is 5.10 Å². The van der Waals surface area contributed by atoms with Crippen molar-refractivity contribution >= 4 is 38.7 Å². The van der Waals surface area contributed by atoms with E-state index in [9.17, 15) is 18.0 Å². The third-order valence-corrected chi connectivity index (χ3v) is 7.75. The maximum Gasteiger partial charge on any atom is 0.270 e. The molecule has 0 radical (unpaired) electrons. The summed E-state index contributed by atoms with van der Waals surface area (Å²) in [4.78, 5) is 27.1. The highest BCUT2D eigenvalue weighted by atomic mass is 32.2. The van der Waals surface area contributed by atoms with Gasteiger partial charge in [-0.15, -0.1) is 0 Å². The number of carbonyl (C=O) groups is 2. The fourth-order valence-electron chi connectivity index (χ4n) is 3.97. The van der Waals surface area contributed by atoms with Crippen LogP contribution in [0.4, 0.5) is 0 Å². The number of amides is 2. The van der Waals surface area contributed by atoms with Gasteiger partial charge in [-0.2, -0.15) is 16.4 Å². The molecule has 0 aliphatic carbocycles. The van der Waals surface area contributed by atoms with Gasteiger partial charge < -0.3 is 4.90 Å². The molecule has 3 aliphatic rings. The standard InChI is InChI=1S/C17H21N3O4S2/c21-16-4-3-14(18-20(16)13-6-9-26(23,24)11-13)17(22)19-7-1-2-15(19)12-5-8-25-10-12/h5,8,10,13,15H,1-4,6-7,9,11H2. The van der Waals surface area contributed by atoms with Crippen molar-refractivity contribution in [2.75, 3.05) is 18.1 Å². The monoisotopic (exact) mass is 395 g/mol. The summed E-state index contributed by atoms with van der Waals surface area (Å²) in [7, 11) is -3.12. The number of likely N-dealkylation sites (tertiary alicyclic amines) is 1. The summed E-state index contributed by atoms with van der Waals surface area (Å²) in [5.41, 5.74) is 1.52. The molecule has 2 unspecified atom stereocenters. The molecule has 2 atom stereocenters. The molecule has 2 fully saturated rings. The molecule has 140 valence electrons. The van der Waals surface area contributed by atoms with Crippen molar-refractivity contribution in [1.82, 2.24) is 9.91 Å². The van der Waals surface area contributed by atoms with Gasteiger partial charge in [0, 0.05) is 19.4 Å². The lowest BCUT2D eigenvalue weighted by Crippen LogP contribution is -2.44. The Bertz CT molecular complexity index is 847. The molecule has 0 bridgehead atoms. The highest BCUT2D eigenvalue weighted by molar-refractivity contribution is 7.91. The summed E-state index contributed by atoms with van der Waals surface area (Å²) < 4.78 is 23.5. The molecule has 4 heterocycles. The second-order valence-corrected chi connectivity index (χ2v) is 10.1. The van der Waals surface area contributed by atoms with Gasteiger partial charge in [0.1, 0.15) is 5.71 Å². The van der Waals surface area contributed by atoms with Crippen molar-refractivity contribution in [1.29, 1.82) is 0 Å². The molecule has 0 spiro atoms. The molecule has 26 heavy (non-hydrogen) atoms. The quantitative estimate of drug-likeness (QED) is 0.777. The predicted octanol–water partition coefficient (Wildman–Crippen LogP) is 1.58. The van der Waals surface area contributed by atoms with Crippen LogP contribution >= 0.6 is 11.3 Å². The van der Waals surface area contributed by atoms with Gasteiger partial charge >= 0.3 is 0 Å². The molecular weight excluding hydrogens is 374 g/mol. The smallest absolute Gasteiger partial charge is 0.270 e. The molecule has 9 heteroatoms. The Morgan fingerprint density at radius 3 is 2.81 bits per heavy atom. The highest BCUT2D eigenvalue weighted by Crippen LogP contribution is 2.34. The van der Waals surface area contributed by atoms with Gasteiger partial charge in [0.2, 0.25) is 5.91 Å². The van der Waals surface area contributed by atoms with E-state index in [1.807, 2.05) is 16.3 Å². The Labute approximate surface area is 156 Å². The largest absolute Gasteiger partial charge is 0.330 e. The first-order chi connectivity index (χ1) is 12.4. The lowest BCUT2D eigenvalue weighted by Gasteiger charge is -2.30. The lowest BCUT2D eigenvalue weighted by molar-refractivity contribution is -0.134. The minimum atomic E-state index is -3.12. The zero-order valence-electron chi connectivity index (χ0n) is 14.3. The average Bonchev–Trinajstić information content (AvgIpc) is 3.34. The topological polar surface area (TPSA) is 87.1 Å². The zero-order chi connectivity index (χ0) is 18.3. The summed E-state index contributed by atoms with van der Waals surface area (Å²) in [6.07, 6.45) is 2.79. The number of hydrogen-bond acceptors (Lipinski definition) is 6. The van der Waals surface area contributed by atoms with Gasteiger partial charge in [0.25, 0.3) is 5.91 Å². The van der Waals surface area contributed by atoms with Crippen molar-refractivity contribution in [3.8, 4) is 0 Å². The molecule has 2 amide bonds. The molecule has 0 aromatic carbocycles. The second kappa shape index (κ2) is 6.77. The molecule has 1 aromatic rings. The third-order valence-electron chi connectivity index (χ3n) is 5.30. The Morgan fingerprint density at radius 1 is 1.27 bits per heavy atom. The summed E-state index contributed by atoms with van der Waals surface area (Å²) >= 11 is 1.62. The van der Waals surface area contributed by atoms with Crippen LogP contribution in [0.1, 0.15) is 43.7 Å². The van der Waals surface area contributed by atoms with Crippen LogP contribution < -0.4 is 0 Å². The molecular formula is C17H21N3O4S2. The van der Waals surface area contributed by atoms with Crippen molar-refractivity contribution in [3.05, 3.63) is 22.4 Å². The van der Waals surface area contributed by atoms with Gasteiger partial charge in [-0.05, 0) is 41.7 Å². The van der Waals surface area contributed by atoms with Crippen LogP contribution in [-0.2, 0) is 19.4 Å². The average molecular weight is 396 g/mol. The molecule has 7 nitrogen and oxygen atoms in total.